The zero-order valence-electron chi connectivity index (χ0n) is 13.1. The van der Waals surface area contributed by atoms with E-state index in [1.165, 1.54) is 11.1 Å². The van der Waals surface area contributed by atoms with Gasteiger partial charge in [-0.3, -0.25) is 4.79 Å². The summed E-state index contributed by atoms with van der Waals surface area (Å²) in [7, 11) is 2.32. The van der Waals surface area contributed by atoms with Crippen molar-refractivity contribution in [2.45, 2.75) is 33.2 Å². The zero-order valence-corrected chi connectivity index (χ0v) is 13.1. The molecule has 1 fully saturated rings. The monoisotopic (exact) mass is 275 g/mol. The zero-order chi connectivity index (χ0) is 14.6. The number of nitrogens with zero attached hydrogens (tertiary/aromatic N) is 2. The molecule has 1 aliphatic rings. The van der Waals surface area contributed by atoms with E-state index < -0.39 is 0 Å². The molecular formula is C17H27N2O+. The molecule has 1 aromatic rings. The van der Waals surface area contributed by atoms with Crippen molar-refractivity contribution in [3.63, 3.8) is 0 Å². The second kappa shape index (κ2) is 6.40. The minimum Gasteiger partial charge on any atom is -0.337 e. The highest BCUT2D eigenvalue weighted by Crippen LogP contribution is 2.17. The van der Waals surface area contributed by atoms with Crippen LogP contribution in [0.1, 0.15) is 30.9 Å². The average Bonchev–Trinajstić information content (AvgIpc) is 2.60. The summed E-state index contributed by atoms with van der Waals surface area (Å²) in [4.78, 5) is 13.9. The number of carbonyl (C=O) groups excluding carboxylic acids is 1. The number of hydrogen-bond donors (Lipinski definition) is 0. The van der Waals surface area contributed by atoms with Gasteiger partial charge >= 0.3 is 0 Å². The second-order valence-electron chi connectivity index (χ2n) is 6.30. The van der Waals surface area contributed by atoms with Crippen LogP contribution in [-0.4, -0.2) is 48.5 Å². The quantitative estimate of drug-likeness (QED) is 0.777. The van der Waals surface area contributed by atoms with Crippen molar-refractivity contribution < 1.29 is 9.28 Å². The molecule has 0 saturated carbocycles. The van der Waals surface area contributed by atoms with Gasteiger partial charge < -0.3 is 9.38 Å². The Morgan fingerprint density at radius 2 is 2.10 bits per heavy atom. The van der Waals surface area contributed by atoms with Crippen LogP contribution in [0.3, 0.4) is 0 Å². The molecule has 1 amide bonds. The van der Waals surface area contributed by atoms with Crippen molar-refractivity contribution in [2.75, 3.05) is 33.2 Å². The molecule has 110 valence electrons. The van der Waals surface area contributed by atoms with Crippen molar-refractivity contribution in [2.24, 2.45) is 0 Å². The first kappa shape index (κ1) is 15.0. The van der Waals surface area contributed by atoms with Crippen LogP contribution in [-0.2, 0) is 11.3 Å². The molecule has 1 saturated heterocycles. The van der Waals surface area contributed by atoms with Gasteiger partial charge in [-0.15, -0.1) is 0 Å². The summed E-state index contributed by atoms with van der Waals surface area (Å²) in [5.74, 6) is 0.300. The Hall–Kier alpha value is -1.35. The third kappa shape index (κ3) is 3.83. The van der Waals surface area contributed by atoms with E-state index in [0.717, 1.165) is 43.6 Å². The molecule has 0 bridgehead atoms. The van der Waals surface area contributed by atoms with E-state index in [9.17, 15) is 4.79 Å². The second-order valence-corrected chi connectivity index (χ2v) is 6.30. The van der Waals surface area contributed by atoms with Gasteiger partial charge in [0.25, 0.3) is 0 Å². The molecule has 20 heavy (non-hydrogen) atoms. The molecule has 1 atom stereocenters. The van der Waals surface area contributed by atoms with Crippen molar-refractivity contribution in [1.82, 2.24) is 4.90 Å². The summed E-state index contributed by atoms with van der Waals surface area (Å²) in [5, 5.41) is 0. The minimum absolute atomic E-state index is 0.300. The van der Waals surface area contributed by atoms with Gasteiger partial charge in [0.2, 0.25) is 5.91 Å². The van der Waals surface area contributed by atoms with E-state index in [1.807, 2.05) is 11.8 Å². The van der Waals surface area contributed by atoms with Gasteiger partial charge in [0.05, 0.1) is 26.7 Å². The van der Waals surface area contributed by atoms with Crippen molar-refractivity contribution >= 4 is 5.91 Å². The number of aryl methyl sites for hydroxylation is 1. The van der Waals surface area contributed by atoms with Crippen LogP contribution in [0.2, 0.25) is 0 Å². The van der Waals surface area contributed by atoms with Gasteiger partial charge in [-0.25, -0.2) is 0 Å². The average molecular weight is 275 g/mol. The van der Waals surface area contributed by atoms with Gasteiger partial charge in [0, 0.05) is 24.9 Å². The predicted molar refractivity (Wildman–Crippen MR) is 82.3 cm³/mol. The molecule has 1 heterocycles. The van der Waals surface area contributed by atoms with E-state index in [4.69, 9.17) is 0 Å². The smallest absolute Gasteiger partial charge is 0.222 e. The van der Waals surface area contributed by atoms with Crippen LogP contribution in [0.25, 0.3) is 0 Å². The fourth-order valence-electron chi connectivity index (χ4n) is 3.11. The summed E-state index contributed by atoms with van der Waals surface area (Å²) in [5.41, 5.74) is 2.73. The largest absolute Gasteiger partial charge is 0.337 e. The Kier molecular flexibility index (Phi) is 4.81. The Morgan fingerprint density at radius 3 is 2.80 bits per heavy atom. The number of rotatable bonds is 3. The molecule has 0 spiro atoms. The van der Waals surface area contributed by atoms with Gasteiger partial charge in [0.1, 0.15) is 6.54 Å². The predicted octanol–water partition coefficient (Wildman–Crippen LogP) is 2.58. The maximum atomic E-state index is 11.9. The number of carbonyl (C=O) groups is 1. The molecular weight excluding hydrogens is 248 g/mol. The van der Waals surface area contributed by atoms with Crippen molar-refractivity contribution in [1.29, 1.82) is 0 Å². The summed E-state index contributed by atoms with van der Waals surface area (Å²) in [6.45, 7) is 9.20. The van der Waals surface area contributed by atoms with Crippen molar-refractivity contribution in [3.8, 4) is 0 Å². The normalized spacial score (nSPS) is 23.4. The Bertz CT molecular complexity index is 472. The van der Waals surface area contributed by atoms with Crippen LogP contribution >= 0.6 is 0 Å². The molecule has 0 radical (unpaired) electrons. The van der Waals surface area contributed by atoms with Crippen LogP contribution in [0.15, 0.2) is 24.3 Å². The standard InChI is InChI=1S/C17H27N2O/c1-4-17(20)18-9-6-11-19(3,12-10-18)14-16-8-5-7-15(2)13-16/h5,7-8,13H,4,6,9-12,14H2,1-3H3/q+1. The molecule has 0 aliphatic carbocycles. The first-order valence-electron chi connectivity index (χ1n) is 7.69. The van der Waals surface area contributed by atoms with E-state index in [-0.39, 0.29) is 0 Å². The molecule has 1 aromatic carbocycles. The highest BCUT2D eigenvalue weighted by atomic mass is 16.2. The molecule has 1 aliphatic heterocycles. The lowest BCUT2D eigenvalue weighted by Crippen LogP contribution is -2.46. The lowest BCUT2D eigenvalue weighted by molar-refractivity contribution is -0.920. The lowest BCUT2D eigenvalue weighted by atomic mass is 10.1. The van der Waals surface area contributed by atoms with E-state index in [0.29, 0.717) is 12.3 Å². The molecule has 0 N–H and O–H groups in total. The van der Waals surface area contributed by atoms with Gasteiger partial charge in [-0.05, 0) is 6.92 Å². The summed E-state index contributed by atoms with van der Waals surface area (Å²) in [6, 6.07) is 8.79. The maximum absolute atomic E-state index is 11.9. The molecule has 3 nitrogen and oxygen atoms in total. The SMILES string of the molecule is CCC(=O)N1CCC[N+](C)(Cc2cccc(C)c2)CC1. The Morgan fingerprint density at radius 1 is 1.30 bits per heavy atom. The van der Waals surface area contributed by atoms with Crippen LogP contribution in [0.4, 0.5) is 0 Å². The van der Waals surface area contributed by atoms with E-state index >= 15 is 0 Å². The first-order chi connectivity index (χ1) is 9.52. The highest BCUT2D eigenvalue weighted by Gasteiger charge is 2.27. The van der Waals surface area contributed by atoms with Gasteiger partial charge in [0.15, 0.2) is 0 Å². The molecule has 0 aromatic heterocycles. The third-order valence-corrected chi connectivity index (χ3v) is 4.34. The van der Waals surface area contributed by atoms with Crippen LogP contribution in [0.5, 0.6) is 0 Å². The number of amides is 1. The first-order valence-corrected chi connectivity index (χ1v) is 7.69. The fourth-order valence-corrected chi connectivity index (χ4v) is 3.11. The van der Waals surface area contributed by atoms with E-state index in [1.54, 1.807) is 0 Å². The fraction of sp³-hybridized carbons (Fsp3) is 0.588. The number of quaternary nitrogens is 1. The minimum atomic E-state index is 0.300. The highest BCUT2D eigenvalue weighted by molar-refractivity contribution is 5.75. The van der Waals surface area contributed by atoms with Crippen LogP contribution in [0, 0.1) is 6.92 Å². The van der Waals surface area contributed by atoms with Gasteiger partial charge in [-0.2, -0.15) is 0 Å². The number of benzene rings is 1. The number of likely N-dealkylation sites (N-methyl/N-ethyl adjacent to an activating group) is 1. The summed E-state index contributed by atoms with van der Waals surface area (Å²) in [6.07, 6.45) is 1.73. The van der Waals surface area contributed by atoms with Crippen LogP contribution < -0.4 is 0 Å². The number of hydrogen-bond acceptors (Lipinski definition) is 1. The molecule has 2 rings (SSSR count). The Balaban J connectivity index is 2.02. The third-order valence-electron chi connectivity index (χ3n) is 4.34. The molecule has 3 heteroatoms. The van der Waals surface area contributed by atoms with Crippen molar-refractivity contribution in [3.05, 3.63) is 35.4 Å². The Labute approximate surface area is 122 Å². The summed E-state index contributed by atoms with van der Waals surface area (Å²) < 4.78 is 1.04. The van der Waals surface area contributed by atoms with E-state index in [2.05, 4.69) is 38.2 Å². The molecule has 1 unspecified atom stereocenters. The summed E-state index contributed by atoms with van der Waals surface area (Å²) >= 11 is 0. The van der Waals surface area contributed by atoms with Gasteiger partial charge in [-0.1, -0.05) is 36.8 Å². The lowest BCUT2D eigenvalue weighted by Gasteiger charge is -2.33. The topological polar surface area (TPSA) is 20.3 Å². The maximum Gasteiger partial charge on any atom is 0.222 e.